The Bertz CT molecular complexity index is 563. The van der Waals surface area contributed by atoms with Gasteiger partial charge in [-0.1, -0.05) is 53.2 Å². The third kappa shape index (κ3) is 3.26. The van der Waals surface area contributed by atoms with Crippen molar-refractivity contribution in [2.45, 2.75) is 26.3 Å². The smallest absolute Gasteiger partial charge is 0.0577 e. The average Bonchev–Trinajstić information content (AvgIpc) is 2.44. The number of hydrogen-bond acceptors (Lipinski definition) is 1. The van der Waals surface area contributed by atoms with Gasteiger partial charge in [0.25, 0.3) is 0 Å². The summed E-state index contributed by atoms with van der Waals surface area (Å²) in [5.74, 6) is 0. The normalized spacial score (nSPS) is 12.4. The van der Waals surface area contributed by atoms with Crippen LogP contribution in [0.1, 0.15) is 35.2 Å². The Morgan fingerprint density at radius 3 is 2.63 bits per heavy atom. The molecule has 2 heteroatoms. The highest BCUT2D eigenvalue weighted by molar-refractivity contribution is 9.10. The molecule has 19 heavy (non-hydrogen) atoms. The number of hydrogen-bond donors (Lipinski definition) is 1. The molecule has 2 rings (SSSR count). The molecule has 0 heterocycles. The summed E-state index contributed by atoms with van der Waals surface area (Å²) in [5.41, 5.74) is 5.34. The first-order valence-electron chi connectivity index (χ1n) is 6.68. The minimum absolute atomic E-state index is 0.240. The molecule has 0 saturated heterocycles. The van der Waals surface area contributed by atoms with E-state index in [0.29, 0.717) is 0 Å². The number of rotatable bonds is 4. The number of aryl methyl sites for hydroxylation is 2. The van der Waals surface area contributed by atoms with Crippen LogP contribution in [0.15, 0.2) is 46.9 Å². The van der Waals surface area contributed by atoms with Crippen LogP contribution < -0.4 is 5.32 Å². The zero-order chi connectivity index (χ0) is 13.8. The fourth-order valence-electron chi connectivity index (χ4n) is 2.42. The van der Waals surface area contributed by atoms with E-state index in [1.807, 2.05) is 7.05 Å². The van der Waals surface area contributed by atoms with Crippen molar-refractivity contribution in [1.82, 2.24) is 5.32 Å². The van der Waals surface area contributed by atoms with Crippen LogP contribution in [0, 0.1) is 6.92 Å². The predicted molar refractivity (Wildman–Crippen MR) is 85.6 cm³/mol. The van der Waals surface area contributed by atoms with Crippen LogP contribution in [-0.2, 0) is 6.42 Å². The lowest BCUT2D eigenvalue weighted by atomic mass is 9.94. The zero-order valence-electron chi connectivity index (χ0n) is 11.7. The Hall–Kier alpha value is -1.12. The first kappa shape index (κ1) is 14.3. The maximum atomic E-state index is 3.57. The maximum Gasteiger partial charge on any atom is 0.0577 e. The molecule has 0 aliphatic heterocycles. The van der Waals surface area contributed by atoms with Gasteiger partial charge in [0.2, 0.25) is 0 Å². The van der Waals surface area contributed by atoms with Gasteiger partial charge in [-0.25, -0.2) is 0 Å². The first-order chi connectivity index (χ1) is 9.15. The SMILES string of the molecule is CCc1cccc(C(NC)c2cc(Br)ccc2C)c1. The Kier molecular flexibility index (Phi) is 4.78. The number of halogens is 1. The summed E-state index contributed by atoms with van der Waals surface area (Å²) in [6, 6.07) is 15.5. The molecule has 100 valence electrons. The third-order valence-electron chi connectivity index (χ3n) is 3.53. The number of nitrogens with one attached hydrogen (secondary N) is 1. The fraction of sp³-hybridized carbons (Fsp3) is 0.294. The molecule has 2 aromatic rings. The van der Waals surface area contributed by atoms with Crippen molar-refractivity contribution in [1.29, 1.82) is 0 Å². The molecule has 1 nitrogen and oxygen atoms in total. The van der Waals surface area contributed by atoms with Gasteiger partial charge in [-0.05, 0) is 54.8 Å². The van der Waals surface area contributed by atoms with E-state index in [0.717, 1.165) is 10.9 Å². The van der Waals surface area contributed by atoms with Gasteiger partial charge in [0.1, 0.15) is 0 Å². The molecule has 1 atom stereocenters. The molecule has 0 aliphatic carbocycles. The molecule has 0 saturated carbocycles. The van der Waals surface area contributed by atoms with Crippen molar-refractivity contribution in [3.8, 4) is 0 Å². The van der Waals surface area contributed by atoms with Crippen molar-refractivity contribution in [2.75, 3.05) is 7.05 Å². The Labute approximate surface area is 124 Å². The standard InChI is InChI=1S/C17H20BrN/c1-4-13-6-5-7-14(10-13)17(19-3)16-11-15(18)9-8-12(16)2/h5-11,17,19H,4H2,1-3H3. The van der Waals surface area contributed by atoms with E-state index in [1.165, 1.54) is 22.3 Å². The van der Waals surface area contributed by atoms with E-state index in [1.54, 1.807) is 0 Å². The Balaban J connectivity index is 2.46. The average molecular weight is 318 g/mol. The quantitative estimate of drug-likeness (QED) is 0.867. The van der Waals surface area contributed by atoms with Crippen LogP contribution in [-0.4, -0.2) is 7.05 Å². The second kappa shape index (κ2) is 6.36. The highest BCUT2D eigenvalue weighted by Gasteiger charge is 2.14. The largest absolute Gasteiger partial charge is 0.309 e. The molecule has 1 N–H and O–H groups in total. The number of benzene rings is 2. The second-order valence-electron chi connectivity index (χ2n) is 4.82. The monoisotopic (exact) mass is 317 g/mol. The summed E-state index contributed by atoms with van der Waals surface area (Å²) in [6.45, 7) is 4.35. The maximum absolute atomic E-state index is 3.57. The zero-order valence-corrected chi connectivity index (χ0v) is 13.3. The van der Waals surface area contributed by atoms with Crippen LogP contribution in [0.4, 0.5) is 0 Å². The molecule has 2 aromatic carbocycles. The molecule has 0 amide bonds. The first-order valence-corrected chi connectivity index (χ1v) is 7.47. The van der Waals surface area contributed by atoms with Gasteiger partial charge < -0.3 is 5.32 Å². The molecule has 0 radical (unpaired) electrons. The van der Waals surface area contributed by atoms with E-state index >= 15 is 0 Å². The van der Waals surface area contributed by atoms with E-state index < -0.39 is 0 Å². The molecular weight excluding hydrogens is 298 g/mol. The van der Waals surface area contributed by atoms with Gasteiger partial charge in [-0.3, -0.25) is 0 Å². The van der Waals surface area contributed by atoms with Gasteiger partial charge in [0, 0.05) is 4.47 Å². The van der Waals surface area contributed by atoms with Crippen LogP contribution in [0.5, 0.6) is 0 Å². The van der Waals surface area contributed by atoms with Crippen LogP contribution in [0.25, 0.3) is 0 Å². The van der Waals surface area contributed by atoms with Crippen LogP contribution in [0.2, 0.25) is 0 Å². The lowest BCUT2D eigenvalue weighted by Gasteiger charge is -2.20. The van der Waals surface area contributed by atoms with Crippen molar-refractivity contribution in [2.24, 2.45) is 0 Å². The highest BCUT2D eigenvalue weighted by atomic mass is 79.9. The van der Waals surface area contributed by atoms with Gasteiger partial charge in [0.05, 0.1) is 6.04 Å². The molecule has 0 spiro atoms. The predicted octanol–water partition coefficient (Wildman–Crippen LogP) is 4.63. The highest BCUT2D eigenvalue weighted by Crippen LogP contribution is 2.27. The summed E-state index contributed by atoms with van der Waals surface area (Å²) in [5, 5.41) is 3.43. The molecule has 0 fully saturated rings. The van der Waals surface area contributed by atoms with Crippen molar-refractivity contribution in [3.63, 3.8) is 0 Å². The summed E-state index contributed by atoms with van der Waals surface area (Å²) >= 11 is 3.57. The van der Waals surface area contributed by atoms with Crippen molar-refractivity contribution < 1.29 is 0 Å². The Morgan fingerprint density at radius 1 is 1.16 bits per heavy atom. The van der Waals surface area contributed by atoms with E-state index in [2.05, 4.69) is 77.6 Å². The molecule has 0 aromatic heterocycles. The summed E-state index contributed by atoms with van der Waals surface area (Å²) in [7, 11) is 2.02. The van der Waals surface area contributed by atoms with Gasteiger partial charge >= 0.3 is 0 Å². The molecule has 1 unspecified atom stereocenters. The van der Waals surface area contributed by atoms with Gasteiger partial charge in [-0.15, -0.1) is 0 Å². The van der Waals surface area contributed by atoms with E-state index in [9.17, 15) is 0 Å². The van der Waals surface area contributed by atoms with Crippen LogP contribution >= 0.6 is 15.9 Å². The lowest BCUT2D eigenvalue weighted by molar-refractivity contribution is 0.686. The summed E-state index contributed by atoms with van der Waals surface area (Å²) < 4.78 is 1.12. The van der Waals surface area contributed by atoms with Gasteiger partial charge in [0.15, 0.2) is 0 Å². The van der Waals surface area contributed by atoms with Crippen LogP contribution in [0.3, 0.4) is 0 Å². The third-order valence-corrected chi connectivity index (χ3v) is 4.03. The van der Waals surface area contributed by atoms with Gasteiger partial charge in [-0.2, -0.15) is 0 Å². The van der Waals surface area contributed by atoms with E-state index in [-0.39, 0.29) is 6.04 Å². The van der Waals surface area contributed by atoms with Crippen molar-refractivity contribution >= 4 is 15.9 Å². The summed E-state index contributed by atoms with van der Waals surface area (Å²) in [6.07, 6.45) is 1.07. The fourth-order valence-corrected chi connectivity index (χ4v) is 2.80. The minimum Gasteiger partial charge on any atom is -0.309 e. The molecule has 0 aliphatic rings. The van der Waals surface area contributed by atoms with Crippen molar-refractivity contribution in [3.05, 3.63) is 69.2 Å². The van der Waals surface area contributed by atoms with E-state index in [4.69, 9.17) is 0 Å². The topological polar surface area (TPSA) is 12.0 Å². The molecular formula is C17H20BrN. The Morgan fingerprint density at radius 2 is 1.95 bits per heavy atom. The lowest BCUT2D eigenvalue weighted by Crippen LogP contribution is -2.18. The summed E-state index contributed by atoms with van der Waals surface area (Å²) in [4.78, 5) is 0. The minimum atomic E-state index is 0.240. The molecule has 0 bridgehead atoms. The second-order valence-corrected chi connectivity index (χ2v) is 5.74.